The van der Waals surface area contributed by atoms with Crippen molar-refractivity contribution in [2.45, 2.75) is 297 Å². The zero-order chi connectivity index (χ0) is 45.8. The van der Waals surface area contributed by atoms with Crippen LogP contribution in [0.15, 0.2) is 36.5 Å². The highest BCUT2D eigenvalue weighted by molar-refractivity contribution is 5.71. The van der Waals surface area contributed by atoms with Gasteiger partial charge in [-0.2, -0.15) is 0 Å². The summed E-state index contributed by atoms with van der Waals surface area (Å²) in [4.78, 5) is 38.0. The summed E-state index contributed by atoms with van der Waals surface area (Å²) in [6, 6.07) is 0. The first-order chi connectivity index (χ1) is 31.0. The minimum absolute atomic E-state index is 0.0829. The maximum atomic E-state index is 12.8. The quantitative estimate of drug-likeness (QED) is 0.0262. The van der Waals surface area contributed by atoms with Crippen molar-refractivity contribution in [2.75, 3.05) is 13.2 Å². The molecule has 0 aliphatic heterocycles. The van der Waals surface area contributed by atoms with Gasteiger partial charge in [0.25, 0.3) is 0 Å². The molecule has 0 amide bonds. The van der Waals surface area contributed by atoms with Crippen molar-refractivity contribution in [3.63, 3.8) is 0 Å². The first-order valence-corrected chi connectivity index (χ1v) is 27.5. The Kier molecular flexibility index (Phi) is 50.3. The molecule has 0 unspecified atom stereocenters. The molecule has 0 saturated heterocycles. The van der Waals surface area contributed by atoms with E-state index in [1.807, 2.05) is 0 Å². The molecule has 6 nitrogen and oxygen atoms in total. The van der Waals surface area contributed by atoms with Gasteiger partial charge < -0.3 is 14.2 Å². The fraction of sp³-hybridized carbons (Fsp3) is 0.842. The lowest BCUT2D eigenvalue weighted by Gasteiger charge is -2.18. The molecule has 0 rings (SSSR count). The van der Waals surface area contributed by atoms with Gasteiger partial charge >= 0.3 is 17.9 Å². The Labute approximate surface area is 391 Å². The van der Waals surface area contributed by atoms with E-state index >= 15 is 0 Å². The molecule has 0 N–H and O–H groups in total. The molecule has 0 aromatic rings. The second kappa shape index (κ2) is 52.3. The SMILES string of the molecule is CCCCC/C=C\C/C=C\C/C=C\CCCCC(=O)O[C@@H](COC(=O)CCCCCCCCCCCCCCC)COC(=O)CCCCCCCCCCCCCCCCCCC. The monoisotopic (exact) mass is 885 g/mol. The van der Waals surface area contributed by atoms with Gasteiger partial charge in [-0.1, -0.05) is 250 Å². The molecule has 368 valence electrons. The van der Waals surface area contributed by atoms with Crippen LogP contribution in [0.3, 0.4) is 0 Å². The van der Waals surface area contributed by atoms with E-state index in [9.17, 15) is 14.4 Å². The first kappa shape index (κ1) is 60.6. The summed E-state index contributed by atoms with van der Waals surface area (Å²) in [6.45, 7) is 6.61. The predicted molar refractivity (Wildman–Crippen MR) is 270 cm³/mol. The van der Waals surface area contributed by atoms with E-state index in [-0.39, 0.29) is 37.5 Å². The van der Waals surface area contributed by atoms with Gasteiger partial charge in [-0.05, 0) is 57.8 Å². The number of unbranched alkanes of at least 4 members (excludes halogenated alkanes) is 33. The van der Waals surface area contributed by atoms with Crippen molar-refractivity contribution in [2.24, 2.45) is 0 Å². The molecule has 0 aromatic heterocycles. The topological polar surface area (TPSA) is 78.9 Å². The minimum atomic E-state index is -0.787. The number of carbonyl (C=O) groups is 3. The fourth-order valence-corrected chi connectivity index (χ4v) is 7.98. The Morgan fingerprint density at radius 2 is 0.571 bits per heavy atom. The number of esters is 3. The largest absolute Gasteiger partial charge is 0.462 e. The number of hydrogen-bond donors (Lipinski definition) is 0. The second-order valence-corrected chi connectivity index (χ2v) is 18.5. The maximum Gasteiger partial charge on any atom is 0.306 e. The standard InChI is InChI=1S/C57H104O6/c1-4-7-10-13-16-19-22-25-27-28-30-32-35-38-41-44-47-50-56(59)62-53-54(52-61-55(58)49-46-43-40-37-34-31-24-21-18-15-12-9-6-3)63-57(60)51-48-45-42-39-36-33-29-26-23-20-17-14-11-8-5-2/h17,20,26,29,36,39,54H,4-16,18-19,21-25,27-28,30-35,37-38,40-53H2,1-3H3/b20-17-,29-26-,39-36-/t54-/m0/s1. The molecule has 63 heavy (non-hydrogen) atoms. The van der Waals surface area contributed by atoms with E-state index in [1.54, 1.807) is 0 Å². The van der Waals surface area contributed by atoms with Crippen molar-refractivity contribution in [1.29, 1.82) is 0 Å². The van der Waals surface area contributed by atoms with Crippen LogP contribution < -0.4 is 0 Å². The highest BCUT2D eigenvalue weighted by atomic mass is 16.6. The Morgan fingerprint density at radius 3 is 0.921 bits per heavy atom. The average Bonchev–Trinajstić information content (AvgIpc) is 3.28. The van der Waals surface area contributed by atoms with Crippen molar-refractivity contribution in [3.8, 4) is 0 Å². The smallest absolute Gasteiger partial charge is 0.306 e. The number of allylic oxidation sites excluding steroid dienone is 6. The predicted octanol–water partition coefficient (Wildman–Crippen LogP) is 18.1. The summed E-state index contributed by atoms with van der Waals surface area (Å²) < 4.78 is 16.8. The number of hydrogen-bond acceptors (Lipinski definition) is 6. The van der Waals surface area contributed by atoms with E-state index in [0.717, 1.165) is 64.2 Å². The van der Waals surface area contributed by atoms with Crippen molar-refractivity contribution in [3.05, 3.63) is 36.5 Å². The zero-order valence-electron chi connectivity index (χ0n) is 42.1. The normalized spacial score (nSPS) is 12.2. The van der Waals surface area contributed by atoms with E-state index in [2.05, 4.69) is 57.2 Å². The number of ether oxygens (including phenoxy) is 3. The lowest BCUT2D eigenvalue weighted by molar-refractivity contribution is -0.167. The summed E-state index contributed by atoms with van der Waals surface area (Å²) in [5.41, 5.74) is 0. The molecule has 0 spiro atoms. The Morgan fingerprint density at radius 1 is 0.317 bits per heavy atom. The van der Waals surface area contributed by atoms with Crippen LogP contribution in [0.2, 0.25) is 0 Å². The van der Waals surface area contributed by atoms with E-state index in [4.69, 9.17) is 14.2 Å². The van der Waals surface area contributed by atoms with Crippen LogP contribution in [0.4, 0.5) is 0 Å². The summed E-state index contributed by atoms with van der Waals surface area (Å²) in [7, 11) is 0. The highest BCUT2D eigenvalue weighted by Gasteiger charge is 2.19. The van der Waals surface area contributed by atoms with Crippen molar-refractivity contribution in [1.82, 2.24) is 0 Å². The number of carbonyl (C=O) groups excluding carboxylic acids is 3. The Balaban J connectivity index is 4.38. The summed E-state index contributed by atoms with van der Waals surface area (Å²) in [6.07, 6.45) is 61.3. The molecule has 0 heterocycles. The van der Waals surface area contributed by atoms with Gasteiger partial charge in [-0.15, -0.1) is 0 Å². The van der Waals surface area contributed by atoms with Gasteiger partial charge in [0.1, 0.15) is 13.2 Å². The van der Waals surface area contributed by atoms with Gasteiger partial charge in [-0.3, -0.25) is 14.4 Å². The molecular weight excluding hydrogens is 781 g/mol. The van der Waals surface area contributed by atoms with E-state index < -0.39 is 6.10 Å². The highest BCUT2D eigenvalue weighted by Crippen LogP contribution is 2.16. The van der Waals surface area contributed by atoms with Gasteiger partial charge in [0.05, 0.1) is 0 Å². The van der Waals surface area contributed by atoms with Crippen LogP contribution in [-0.4, -0.2) is 37.2 Å². The van der Waals surface area contributed by atoms with Gasteiger partial charge in [0.2, 0.25) is 0 Å². The fourth-order valence-electron chi connectivity index (χ4n) is 7.98. The van der Waals surface area contributed by atoms with Gasteiger partial charge in [0.15, 0.2) is 6.10 Å². The summed E-state index contributed by atoms with van der Waals surface area (Å²) >= 11 is 0. The molecule has 0 aliphatic rings. The third-order valence-electron chi connectivity index (χ3n) is 12.1. The van der Waals surface area contributed by atoms with Crippen LogP contribution in [0.5, 0.6) is 0 Å². The van der Waals surface area contributed by atoms with Crippen LogP contribution in [0, 0.1) is 0 Å². The molecule has 1 atom stereocenters. The third-order valence-corrected chi connectivity index (χ3v) is 12.1. The maximum absolute atomic E-state index is 12.8. The van der Waals surface area contributed by atoms with E-state index in [1.165, 1.54) is 180 Å². The molecule has 0 radical (unpaired) electrons. The lowest BCUT2D eigenvalue weighted by atomic mass is 10.0. The summed E-state index contributed by atoms with van der Waals surface area (Å²) in [5.74, 6) is -0.906. The van der Waals surface area contributed by atoms with Crippen LogP contribution in [0.25, 0.3) is 0 Å². The van der Waals surface area contributed by atoms with E-state index in [0.29, 0.717) is 19.3 Å². The molecule has 6 heteroatoms. The molecular formula is C57H104O6. The minimum Gasteiger partial charge on any atom is -0.462 e. The van der Waals surface area contributed by atoms with Gasteiger partial charge in [0, 0.05) is 19.3 Å². The van der Waals surface area contributed by atoms with Crippen LogP contribution >= 0.6 is 0 Å². The first-order valence-electron chi connectivity index (χ1n) is 27.5. The molecule has 0 fully saturated rings. The van der Waals surface area contributed by atoms with Crippen LogP contribution in [0.1, 0.15) is 290 Å². The van der Waals surface area contributed by atoms with Crippen molar-refractivity contribution >= 4 is 17.9 Å². The Hall–Kier alpha value is -2.37. The second-order valence-electron chi connectivity index (χ2n) is 18.5. The molecule has 0 saturated carbocycles. The molecule has 0 bridgehead atoms. The van der Waals surface area contributed by atoms with Crippen molar-refractivity contribution < 1.29 is 28.6 Å². The van der Waals surface area contributed by atoms with Crippen LogP contribution in [-0.2, 0) is 28.6 Å². The third kappa shape index (κ3) is 50.5. The summed E-state index contributed by atoms with van der Waals surface area (Å²) in [5, 5.41) is 0. The van der Waals surface area contributed by atoms with Gasteiger partial charge in [-0.25, -0.2) is 0 Å². The molecule has 0 aliphatic carbocycles. The average molecular weight is 885 g/mol. The number of rotatable bonds is 50. The lowest BCUT2D eigenvalue weighted by Crippen LogP contribution is -2.30. The Bertz CT molecular complexity index is 1060. The molecule has 0 aromatic carbocycles. The zero-order valence-corrected chi connectivity index (χ0v) is 42.1.